The van der Waals surface area contributed by atoms with Crippen LogP contribution in [0.25, 0.3) is 0 Å². The van der Waals surface area contributed by atoms with E-state index in [1.165, 1.54) is 17.7 Å². The Kier molecular flexibility index (Phi) is 6.31. The summed E-state index contributed by atoms with van der Waals surface area (Å²) in [6.07, 6.45) is 2.92. The molecule has 1 aromatic heterocycles. The second-order valence-corrected chi connectivity index (χ2v) is 6.31. The maximum absolute atomic E-state index is 5.74. The third kappa shape index (κ3) is 4.88. The van der Waals surface area contributed by atoms with Gasteiger partial charge in [-0.25, -0.2) is 0 Å². The van der Waals surface area contributed by atoms with Gasteiger partial charge in [0.1, 0.15) is 0 Å². The molecule has 3 nitrogen and oxygen atoms in total. The third-order valence-electron chi connectivity index (χ3n) is 3.81. The molecular formula is C15H26N2OS. The normalized spacial score (nSPS) is 21.1. The van der Waals surface area contributed by atoms with Crippen LogP contribution in [-0.4, -0.2) is 43.3 Å². The molecule has 0 aliphatic carbocycles. The van der Waals surface area contributed by atoms with Gasteiger partial charge in [0, 0.05) is 37.2 Å². The Morgan fingerprint density at radius 2 is 2.47 bits per heavy atom. The first-order chi connectivity index (χ1) is 9.29. The van der Waals surface area contributed by atoms with Gasteiger partial charge in [0.05, 0.1) is 6.10 Å². The van der Waals surface area contributed by atoms with Crippen molar-refractivity contribution in [2.45, 2.75) is 45.4 Å². The highest BCUT2D eigenvalue weighted by atomic mass is 32.1. The molecule has 0 bridgehead atoms. The van der Waals surface area contributed by atoms with Gasteiger partial charge in [0.15, 0.2) is 0 Å². The van der Waals surface area contributed by atoms with E-state index < -0.39 is 0 Å². The number of ether oxygens (including phenoxy) is 1. The quantitative estimate of drug-likeness (QED) is 0.793. The first kappa shape index (κ1) is 15.0. The molecule has 2 atom stereocenters. The van der Waals surface area contributed by atoms with Crippen molar-refractivity contribution < 1.29 is 4.74 Å². The van der Waals surface area contributed by atoms with Crippen molar-refractivity contribution in [1.29, 1.82) is 0 Å². The first-order valence-corrected chi connectivity index (χ1v) is 8.26. The lowest BCUT2D eigenvalue weighted by Gasteiger charge is -2.30. The molecule has 2 unspecified atom stereocenters. The van der Waals surface area contributed by atoms with Gasteiger partial charge in [-0.3, -0.25) is 4.90 Å². The summed E-state index contributed by atoms with van der Waals surface area (Å²) in [5, 5.41) is 5.69. The van der Waals surface area contributed by atoms with Crippen molar-refractivity contribution in [1.82, 2.24) is 10.2 Å². The standard InChI is InChI=1S/C15H26N2OS/c1-3-17(12-14-6-4-8-18-14)13(2)10-16-11-15-7-5-9-19-15/h5,7,9,13-14,16H,3-4,6,8,10-12H2,1-2H3. The van der Waals surface area contributed by atoms with E-state index in [0.717, 1.165) is 32.8 Å². The minimum Gasteiger partial charge on any atom is -0.377 e. The largest absolute Gasteiger partial charge is 0.377 e. The number of thiophene rings is 1. The van der Waals surface area contributed by atoms with Crippen molar-refractivity contribution in [3.63, 3.8) is 0 Å². The average Bonchev–Trinajstić information content (AvgIpc) is 3.08. The SMILES string of the molecule is CCN(CC1CCCO1)C(C)CNCc1cccs1. The lowest BCUT2D eigenvalue weighted by molar-refractivity contribution is 0.0618. The van der Waals surface area contributed by atoms with E-state index in [1.807, 2.05) is 11.3 Å². The highest BCUT2D eigenvalue weighted by Gasteiger charge is 2.21. The minimum atomic E-state index is 0.458. The summed E-state index contributed by atoms with van der Waals surface area (Å²) >= 11 is 1.82. The molecule has 2 heterocycles. The van der Waals surface area contributed by atoms with Crippen LogP contribution in [0, 0.1) is 0 Å². The van der Waals surface area contributed by atoms with Crippen LogP contribution in [0.2, 0.25) is 0 Å². The molecule has 108 valence electrons. The van der Waals surface area contributed by atoms with Gasteiger partial charge >= 0.3 is 0 Å². The Morgan fingerprint density at radius 1 is 1.58 bits per heavy atom. The fourth-order valence-corrected chi connectivity index (χ4v) is 3.29. The molecule has 0 saturated carbocycles. The van der Waals surface area contributed by atoms with Gasteiger partial charge in [-0.15, -0.1) is 11.3 Å². The average molecular weight is 282 g/mol. The number of hydrogen-bond acceptors (Lipinski definition) is 4. The zero-order valence-corrected chi connectivity index (χ0v) is 12.9. The molecule has 19 heavy (non-hydrogen) atoms. The molecule has 1 aliphatic heterocycles. The lowest BCUT2D eigenvalue weighted by Crippen LogP contribution is -2.43. The monoisotopic (exact) mass is 282 g/mol. The van der Waals surface area contributed by atoms with Gasteiger partial charge in [-0.05, 0) is 37.8 Å². The van der Waals surface area contributed by atoms with Crippen LogP contribution in [0.5, 0.6) is 0 Å². The maximum Gasteiger partial charge on any atom is 0.0702 e. The second kappa shape index (κ2) is 8.00. The van der Waals surface area contributed by atoms with E-state index >= 15 is 0 Å². The number of nitrogens with one attached hydrogen (secondary N) is 1. The predicted molar refractivity (Wildman–Crippen MR) is 81.7 cm³/mol. The van der Waals surface area contributed by atoms with Crippen LogP contribution in [0.3, 0.4) is 0 Å². The summed E-state index contributed by atoms with van der Waals surface area (Å²) in [6, 6.07) is 4.86. The number of rotatable bonds is 8. The molecule has 1 saturated heterocycles. The highest BCUT2D eigenvalue weighted by molar-refractivity contribution is 7.09. The van der Waals surface area contributed by atoms with E-state index in [-0.39, 0.29) is 0 Å². The van der Waals surface area contributed by atoms with E-state index in [1.54, 1.807) is 0 Å². The fraction of sp³-hybridized carbons (Fsp3) is 0.733. The summed E-state index contributed by atoms with van der Waals surface area (Å²) in [5.41, 5.74) is 0. The smallest absolute Gasteiger partial charge is 0.0702 e. The van der Waals surface area contributed by atoms with Crippen molar-refractivity contribution in [2.75, 3.05) is 26.2 Å². The topological polar surface area (TPSA) is 24.5 Å². The molecule has 1 fully saturated rings. The van der Waals surface area contributed by atoms with E-state index in [9.17, 15) is 0 Å². The van der Waals surface area contributed by atoms with Crippen LogP contribution >= 0.6 is 11.3 Å². The maximum atomic E-state index is 5.74. The zero-order chi connectivity index (χ0) is 13.5. The Labute approximate surface area is 121 Å². The van der Waals surface area contributed by atoms with E-state index in [2.05, 4.69) is 41.6 Å². The summed E-state index contributed by atoms with van der Waals surface area (Å²) in [4.78, 5) is 3.94. The zero-order valence-electron chi connectivity index (χ0n) is 12.1. The van der Waals surface area contributed by atoms with Crippen molar-refractivity contribution in [3.8, 4) is 0 Å². The molecule has 0 amide bonds. The molecule has 1 N–H and O–H groups in total. The number of nitrogens with zero attached hydrogens (tertiary/aromatic N) is 1. The highest BCUT2D eigenvalue weighted by Crippen LogP contribution is 2.14. The molecule has 1 aromatic rings. The van der Waals surface area contributed by atoms with Crippen LogP contribution in [-0.2, 0) is 11.3 Å². The number of hydrogen-bond donors (Lipinski definition) is 1. The Hall–Kier alpha value is -0.420. The van der Waals surface area contributed by atoms with Crippen molar-refractivity contribution >= 4 is 11.3 Å². The Bertz CT molecular complexity index is 336. The van der Waals surface area contributed by atoms with Gasteiger partial charge in [0.25, 0.3) is 0 Å². The first-order valence-electron chi connectivity index (χ1n) is 7.38. The Morgan fingerprint density at radius 3 is 3.11 bits per heavy atom. The summed E-state index contributed by atoms with van der Waals surface area (Å²) < 4.78 is 5.74. The van der Waals surface area contributed by atoms with Crippen LogP contribution in [0.4, 0.5) is 0 Å². The summed E-state index contributed by atoms with van der Waals surface area (Å²) in [7, 11) is 0. The van der Waals surface area contributed by atoms with Gasteiger partial charge in [-0.1, -0.05) is 13.0 Å². The summed E-state index contributed by atoms with van der Waals surface area (Å²) in [6.45, 7) is 9.70. The fourth-order valence-electron chi connectivity index (χ4n) is 2.62. The van der Waals surface area contributed by atoms with Gasteiger partial charge in [-0.2, -0.15) is 0 Å². The van der Waals surface area contributed by atoms with Crippen LogP contribution in [0.1, 0.15) is 31.6 Å². The van der Waals surface area contributed by atoms with Crippen molar-refractivity contribution in [2.24, 2.45) is 0 Å². The predicted octanol–water partition coefficient (Wildman–Crippen LogP) is 2.73. The van der Waals surface area contributed by atoms with Crippen LogP contribution < -0.4 is 5.32 Å². The third-order valence-corrected chi connectivity index (χ3v) is 4.69. The summed E-state index contributed by atoms with van der Waals surface area (Å²) in [5.74, 6) is 0. The van der Waals surface area contributed by atoms with Crippen molar-refractivity contribution in [3.05, 3.63) is 22.4 Å². The molecular weight excluding hydrogens is 256 g/mol. The molecule has 2 rings (SSSR count). The molecule has 0 aromatic carbocycles. The van der Waals surface area contributed by atoms with Gasteiger partial charge < -0.3 is 10.1 Å². The number of likely N-dealkylation sites (N-methyl/N-ethyl adjacent to an activating group) is 1. The van der Waals surface area contributed by atoms with E-state index in [4.69, 9.17) is 4.74 Å². The molecule has 1 aliphatic rings. The molecule has 0 spiro atoms. The van der Waals surface area contributed by atoms with E-state index in [0.29, 0.717) is 12.1 Å². The van der Waals surface area contributed by atoms with Crippen LogP contribution in [0.15, 0.2) is 17.5 Å². The Balaban J connectivity index is 1.68. The second-order valence-electron chi connectivity index (χ2n) is 5.28. The minimum absolute atomic E-state index is 0.458. The lowest BCUT2D eigenvalue weighted by atomic mass is 10.2. The molecule has 4 heteroatoms. The van der Waals surface area contributed by atoms with Gasteiger partial charge in [0.2, 0.25) is 0 Å². The molecule has 0 radical (unpaired) electrons.